The summed E-state index contributed by atoms with van der Waals surface area (Å²) in [6.07, 6.45) is -4.61. The summed E-state index contributed by atoms with van der Waals surface area (Å²) in [4.78, 5) is 22.0. The van der Waals surface area contributed by atoms with Gasteiger partial charge in [-0.3, -0.25) is 9.59 Å². The molecule has 0 heterocycles. The van der Waals surface area contributed by atoms with Gasteiger partial charge in [0.2, 0.25) is 5.91 Å². The highest BCUT2D eigenvalue weighted by Gasteiger charge is 2.33. The topological polar surface area (TPSA) is 69.6 Å². The van der Waals surface area contributed by atoms with E-state index in [2.05, 4.69) is 5.32 Å². The molecule has 0 fully saturated rings. The van der Waals surface area contributed by atoms with E-state index < -0.39 is 31.1 Å². The van der Waals surface area contributed by atoms with Crippen molar-refractivity contribution in [2.45, 2.75) is 26.1 Å². The lowest BCUT2D eigenvalue weighted by atomic mass is 10.3. The van der Waals surface area contributed by atoms with Crippen LogP contribution in [0, 0.1) is 0 Å². The molecule has 0 radical (unpaired) electrons. The maximum atomic E-state index is 12.1. The number of nitrogens with one attached hydrogen (secondary N) is 1. The Hall–Kier alpha value is -1.31. The Kier molecular flexibility index (Phi) is 5.94. The van der Waals surface area contributed by atoms with Crippen LogP contribution in [0.5, 0.6) is 0 Å². The molecule has 0 rings (SSSR count). The van der Waals surface area contributed by atoms with E-state index in [1.54, 1.807) is 13.8 Å². The highest BCUT2D eigenvalue weighted by Crippen LogP contribution is 2.16. The van der Waals surface area contributed by atoms with Crippen molar-refractivity contribution in [3.05, 3.63) is 0 Å². The van der Waals surface area contributed by atoms with Gasteiger partial charge in [-0.25, -0.2) is 0 Å². The molecule has 0 aromatic heterocycles. The minimum atomic E-state index is -4.61. The van der Waals surface area contributed by atoms with Crippen LogP contribution in [0.15, 0.2) is 0 Å². The number of aliphatic carboxylic acids is 1. The fraction of sp³-hybridized carbons (Fsp3) is 0.778. The largest absolute Gasteiger partial charge is 0.480 e. The summed E-state index contributed by atoms with van der Waals surface area (Å²) in [5.41, 5.74) is 0. The average molecular weight is 256 g/mol. The summed E-state index contributed by atoms with van der Waals surface area (Å²) in [6, 6.07) is -0.0727. The summed E-state index contributed by atoms with van der Waals surface area (Å²) in [6.45, 7) is 0.605. The van der Waals surface area contributed by atoms with Crippen LogP contribution in [-0.4, -0.2) is 53.7 Å². The number of amides is 1. The van der Waals surface area contributed by atoms with E-state index in [0.29, 0.717) is 0 Å². The fourth-order valence-electron chi connectivity index (χ4n) is 1.02. The summed E-state index contributed by atoms with van der Waals surface area (Å²) < 4.78 is 36.3. The van der Waals surface area contributed by atoms with Gasteiger partial charge in [0.1, 0.15) is 13.1 Å². The van der Waals surface area contributed by atoms with Crippen LogP contribution < -0.4 is 5.32 Å². The zero-order valence-corrected chi connectivity index (χ0v) is 9.54. The van der Waals surface area contributed by atoms with Crippen molar-refractivity contribution in [1.29, 1.82) is 0 Å². The molecule has 0 aliphatic heterocycles. The maximum Gasteiger partial charge on any atom is 0.406 e. The molecule has 0 aromatic rings. The van der Waals surface area contributed by atoms with E-state index in [4.69, 9.17) is 5.11 Å². The Bertz CT molecular complexity index is 279. The molecule has 100 valence electrons. The van der Waals surface area contributed by atoms with Gasteiger partial charge in [0.05, 0.1) is 6.54 Å². The number of alkyl halides is 3. The lowest BCUT2D eigenvalue weighted by molar-refractivity contribution is -0.165. The fourth-order valence-corrected chi connectivity index (χ4v) is 1.02. The van der Waals surface area contributed by atoms with Crippen molar-refractivity contribution in [2.24, 2.45) is 0 Å². The monoisotopic (exact) mass is 256 g/mol. The third-order valence-electron chi connectivity index (χ3n) is 1.71. The number of carboxylic acids is 1. The molecule has 8 heteroatoms. The molecule has 0 spiro atoms. The zero-order valence-electron chi connectivity index (χ0n) is 9.54. The van der Waals surface area contributed by atoms with Gasteiger partial charge < -0.3 is 15.3 Å². The first kappa shape index (κ1) is 15.7. The second-order valence-corrected chi connectivity index (χ2v) is 3.79. The van der Waals surface area contributed by atoms with Crippen LogP contribution in [-0.2, 0) is 9.59 Å². The van der Waals surface area contributed by atoms with E-state index in [1.807, 2.05) is 0 Å². The second-order valence-electron chi connectivity index (χ2n) is 3.79. The lowest BCUT2D eigenvalue weighted by Crippen LogP contribution is -2.46. The van der Waals surface area contributed by atoms with E-state index in [1.165, 1.54) is 0 Å². The van der Waals surface area contributed by atoms with Crippen molar-refractivity contribution in [1.82, 2.24) is 10.2 Å². The first-order valence-corrected chi connectivity index (χ1v) is 4.91. The molecule has 0 atom stereocenters. The van der Waals surface area contributed by atoms with Crippen molar-refractivity contribution >= 4 is 11.9 Å². The summed E-state index contributed by atoms with van der Waals surface area (Å²) in [7, 11) is 0. The highest BCUT2D eigenvalue weighted by atomic mass is 19.4. The van der Waals surface area contributed by atoms with Gasteiger partial charge in [-0.2, -0.15) is 13.2 Å². The van der Waals surface area contributed by atoms with Crippen LogP contribution in [0.1, 0.15) is 13.8 Å². The summed E-state index contributed by atoms with van der Waals surface area (Å²) in [5, 5.41) is 11.1. The molecular weight excluding hydrogens is 241 g/mol. The second kappa shape index (κ2) is 6.43. The molecule has 0 aliphatic rings. The summed E-state index contributed by atoms with van der Waals surface area (Å²) in [5.74, 6) is -2.37. The van der Waals surface area contributed by atoms with Crippen molar-refractivity contribution in [3.63, 3.8) is 0 Å². The Morgan fingerprint density at radius 3 is 2.24 bits per heavy atom. The molecule has 1 amide bonds. The van der Waals surface area contributed by atoms with Crippen LogP contribution >= 0.6 is 0 Å². The number of hydrogen-bond donors (Lipinski definition) is 2. The molecule has 0 saturated carbocycles. The number of nitrogens with zero attached hydrogens (tertiary/aromatic N) is 1. The SMILES string of the molecule is CC(C)NCC(=O)N(CC(=O)O)CC(F)(F)F. The molecular formula is C9H15F3N2O3. The number of carboxylic acid groups (broad SMARTS) is 1. The number of rotatable bonds is 6. The Labute approximate surface area is 96.6 Å². The molecule has 0 saturated heterocycles. The summed E-state index contributed by atoms with van der Waals surface area (Å²) >= 11 is 0. The first-order valence-electron chi connectivity index (χ1n) is 4.91. The minimum absolute atomic E-state index is 0.0727. The number of halogens is 3. The van der Waals surface area contributed by atoms with Crippen LogP contribution in [0.25, 0.3) is 0 Å². The van der Waals surface area contributed by atoms with E-state index >= 15 is 0 Å². The zero-order chi connectivity index (χ0) is 13.6. The Morgan fingerprint density at radius 2 is 1.88 bits per heavy atom. The van der Waals surface area contributed by atoms with Gasteiger partial charge in [-0.05, 0) is 0 Å². The molecule has 0 bridgehead atoms. The normalized spacial score (nSPS) is 11.6. The van der Waals surface area contributed by atoms with Gasteiger partial charge in [0.15, 0.2) is 0 Å². The first-order chi connectivity index (χ1) is 7.61. The standard InChI is InChI=1S/C9H15F3N2O3/c1-6(2)13-3-7(15)14(4-8(16)17)5-9(10,11)12/h6,13H,3-5H2,1-2H3,(H,16,17). The van der Waals surface area contributed by atoms with Crippen molar-refractivity contribution in [3.8, 4) is 0 Å². The number of carbonyl (C=O) groups is 2. The number of carbonyl (C=O) groups excluding carboxylic acids is 1. The third kappa shape index (κ3) is 8.49. The third-order valence-corrected chi connectivity index (χ3v) is 1.71. The smallest absolute Gasteiger partial charge is 0.406 e. The molecule has 5 nitrogen and oxygen atoms in total. The lowest BCUT2D eigenvalue weighted by Gasteiger charge is -2.22. The highest BCUT2D eigenvalue weighted by molar-refractivity contribution is 5.82. The number of hydrogen-bond acceptors (Lipinski definition) is 3. The maximum absolute atomic E-state index is 12.1. The van der Waals surface area contributed by atoms with Gasteiger partial charge in [-0.1, -0.05) is 13.8 Å². The van der Waals surface area contributed by atoms with E-state index in [-0.39, 0.29) is 17.5 Å². The van der Waals surface area contributed by atoms with Crippen LogP contribution in [0.3, 0.4) is 0 Å². The van der Waals surface area contributed by atoms with E-state index in [0.717, 1.165) is 0 Å². The quantitative estimate of drug-likeness (QED) is 0.724. The molecule has 0 unspecified atom stereocenters. The predicted molar refractivity (Wildman–Crippen MR) is 53.4 cm³/mol. The molecule has 0 aliphatic carbocycles. The Morgan fingerprint density at radius 1 is 1.35 bits per heavy atom. The molecule has 17 heavy (non-hydrogen) atoms. The predicted octanol–water partition coefficient (Wildman–Crippen LogP) is 0.460. The van der Waals surface area contributed by atoms with Crippen LogP contribution in [0.4, 0.5) is 13.2 Å². The van der Waals surface area contributed by atoms with Crippen LogP contribution in [0.2, 0.25) is 0 Å². The van der Waals surface area contributed by atoms with Crippen molar-refractivity contribution in [2.75, 3.05) is 19.6 Å². The van der Waals surface area contributed by atoms with Gasteiger partial charge in [0, 0.05) is 6.04 Å². The molecule has 0 aromatic carbocycles. The van der Waals surface area contributed by atoms with E-state index in [9.17, 15) is 22.8 Å². The van der Waals surface area contributed by atoms with Crippen molar-refractivity contribution < 1.29 is 27.9 Å². The Balaban J connectivity index is 4.45. The average Bonchev–Trinajstić information content (AvgIpc) is 2.09. The van der Waals surface area contributed by atoms with Gasteiger partial charge in [-0.15, -0.1) is 0 Å². The van der Waals surface area contributed by atoms with Gasteiger partial charge in [0.25, 0.3) is 0 Å². The molecule has 2 N–H and O–H groups in total. The van der Waals surface area contributed by atoms with Gasteiger partial charge >= 0.3 is 12.1 Å². The minimum Gasteiger partial charge on any atom is -0.480 e.